The summed E-state index contributed by atoms with van der Waals surface area (Å²) in [5.41, 5.74) is 1.04. The van der Waals surface area contributed by atoms with Gasteiger partial charge in [0.1, 0.15) is 18.0 Å². The van der Waals surface area contributed by atoms with Crippen molar-refractivity contribution in [1.82, 2.24) is 9.97 Å². The van der Waals surface area contributed by atoms with Gasteiger partial charge in [-0.3, -0.25) is 4.79 Å². The van der Waals surface area contributed by atoms with Crippen molar-refractivity contribution in [3.63, 3.8) is 0 Å². The number of anilines is 2. The van der Waals surface area contributed by atoms with E-state index < -0.39 is 0 Å². The maximum absolute atomic E-state index is 13.1. The van der Waals surface area contributed by atoms with Crippen molar-refractivity contribution in [1.29, 1.82) is 0 Å². The van der Waals surface area contributed by atoms with Crippen molar-refractivity contribution < 1.29 is 14.4 Å². The Hall–Kier alpha value is -2.47. The molecule has 36 heavy (non-hydrogen) atoms. The number of nitrogens with zero attached hydrogens (tertiary/aromatic N) is 4. The molecule has 2 saturated heterocycles. The Bertz CT molecular complexity index is 1040. The fourth-order valence-corrected chi connectivity index (χ4v) is 5.75. The molecule has 0 bridgehead atoms. The average Bonchev–Trinajstić information content (AvgIpc) is 3.37. The third-order valence-corrected chi connectivity index (χ3v) is 7.66. The predicted octanol–water partition coefficient (Wildman–Crippen LogP) is 5.78. The van der Waals surface area contributed by atoms with Gasteiger partial charge in [-0.1, -0.05) is 49.0 Å². The summed E-state index contributed by atoms with van der Waals surface area (Å²) in [6.07, 6.45) is 11.0. The Morgan fingerprint density at radius 1 is 1.06 bits per heavy atom. The van der Waals surface area contributed by atoms with E-state index in [0.29, 0.717) is 16.5 Å². The van der Waals surface area contributed by atoms with Gasteiger partial charge in [-0.2, -0.15) is 9.59 Å². The van der Waals surface area contributed by atoms with Crippen LogP contribution in [0.15, 0.2) is 30.6 Å². The van der Waals surface area contributed by atoms with E-state index in [1.165, 1.54) is 25.7 Å². The minimum Gasteiger partial charge on any atom is -0.356 e. The molecular weight excluding hydrogens is 499 g/mol. The summed E-state index contributed by atoms with van der Waals surface area (Å²) in [6, 6.07) is 7.55. The largest absolute Gasteiger partial charge is 0.373 e. The molecule has 3 heterocycles. The number of piperidine rings is 1. The molecule has 2 aliphatic rings. The van der Waals surface area contributed by atoms with Crippen molar-refractivity contribution in [2.45, 2.75) is 70.8 Å². The van der Waals surface area contributed by atoms with Crippen LogP contribution in [0.25, 0.3) is 0 Å². The zero-order valence-electron chi connectivity index (χ0n) is 20.8. The van der Waals surface area contributed by atoms with Crippen LogP contribution in [0.4, 0.5) is 11.6 Å². The number of benzene rings is 1. The van der Waals surface area contributed by atoms with Crippen molar-refractivity contribution >= 4 is 46.8 Å². The molecule has 2 aromatic rings. The summed E-state index contributed by atoms with van der Waals surface area (Å²) in [7, 11) is 0. The lowest BCUT2D eigenvalue weighted by atomic mass is 9.92. The molecule has 1 aromatic heterocycles. The normalized spacial score (nSPS) is 17.9. The van der Waals surface area contributed by atoms with Gasteiger partial charge in [0.25, 0.3) is 0 Å². The molecule has 1 aromatic carbocycles. The van der Waals surface area contributed by atoms with Gasteiger partial charge >= 0.3 is 6.15 Å². The Kier molecular flexibility index (Phi) is 11.2. The fraction of sp³-hybridized carbons (Fsp3) is 0.556. The van der Waals surface area contributed by atoms with Crippen LogP contribution in [0, 0.1) is 5.92 Å². The van der Waals surface area contributed by atoms with Crippen LogP contribution < -0.4 is 9.80 Å². The summed E-state index contributed by atoms with van der Waals surface area (Å²) in [5, 5.41) is 1.31. The lowest BCUT2D eigenvalue weighted by Crippen LogP contribution is -2.37. The highest BCUT2D eigenvalue weighted by atomic mass is 35.5. The molecule has 4 rings (SSSR count). The van der Waals surface area contributed by atoms with Crippen LogP contribution in [0.3, 0.4) is 0 Å². The van der Waals surface area contributed by atoms with E-state index in [1.54, 1.807) is 12.4 Å². The molecule has 1 atom stereocenters. The van der Waals surface area contributed by atoms with E-state index in [-0.39, 0.29) is 18.0 Å². The molecule has 7 nitrogen and oxygen atoms in total. The highest BCUT2D eigenvalue weighted by molar-refractivity contribution is 6.35. The molecular formula is C27H34Cl2N4O3. The summed E-state index contributed by atoms with van der Waals surface area (Å²) in [5.74, 6) is 3.01. The van der Waals surface area contributed by atoms with Gasteiger partial charge in [0, 0.05) is 42.2 Å². The monoisotopic (exact) mass is 532 g/mol. The van der Waals surface area contributed by atoms with Crippen molar-refractivity contribution in [3.8, 4) is 0 Å². The first kappa shape index (κ1) is 28.1. The number of aromatic nitrogens is 2. The quantitative estimate of drug-likeness (QED) is 0.404. The molecule has 9 heteroatoms. The number of hydrogen-bond acceptors (Lipinski definition) is 7. The zero-order chi connectivity index (χ0) is 25.9. The molecule has 0 unspecified atom stereocenters. The van der Waals surface area contributed by atoms with E-state index in [0.717, 1.165) is 68.4 Å². The summed E-state index contributed by atoms with van der Waals surface area (Å²) < 4.78 is 0. The first-order chi connectivity index (χ1) is 17.5. The number of rotatable bonds is 9. The minimum atomic E-state index is -0.0938. The number of aryl methyl sites for hydroxylation is 1. The highest BCUT2D eigenvalue weighted by Crippen LogP contribution is 2.30. The van der Waals surface area contributed by atoms with Crippen LogP contribution in [0.1, 0.15) is 63.9 Å². The van der Waals surface area contributed by atoms with Gasteiger partial charge in [0.2, 0.25) is 0 Å². The molecule has 0 radical (unpaired) electrons. The maximum atomic E-state index is 13.1. The molecule has 0 N–H and O–H groups in total. The van der Waals surface area contributed by atoms with Gasteiger partial charge in [-0.15, -0.1) is 0 Å². The number of carbonyl (C=O) groups excluding carboxylic acids is 3. The summed E-state index contributed by atoms with van der Waals surface area (Å²) in [4.78, 5) is 43.0. The van der Waals surface area contributed by atoms with Crippen LogP contribution in [0.5, 0.6) is 0 Å². The number of Topliss-reactive ketones (excluding diaryl/α,β-unsaturated/α-hetero) is 1. The fourth-order valence-electron chi connectivity index (χ4n) is 5.25. The highest BCUT2D eigenvalue weighted by Gasteiger charge is 2.31. The molecule has 0 spiro atoms. The van der Waals surface area contributed by atoms with Gasteiger partial charge in [0.15, 0.2) is 5.78 Å². The Morgan fingerprint density at radius 2 is 1.78 bits per heavy atom. The topological polar surface area (TPSA) is 83.5 Å². The third-order valence-electron chi connectivity index (χ3n) is 7.08. The third kappa shape index (κ3) is 7.76. The van der Waals surface area contributed by atoms with Crippen LogP contribution >= 0.6 is 23.2 Å². The Balaban J connectivity index is 0.00000115. The van der Waals surface area contributed by atoms with Gasteiger partial charge in [-0.25, -0.2) is 9.97 Å². The number of halogens is 2. The maximum Gasteiger partial charge on any atom is 0.373 e. The molecule has 2 fully saturated rings. The van der Waals surface area contributed by atoms with E-state index >= 15 is 0 Å². The van der Waals surface area contributed by atoms with E-state index in [2.05, 4.69) is 32.8 Å². The van der Waals surface area contributed by atoms with Gasteiger partial charge in [-0.05, 0) is 62.1 Å². The Morgan fingerprint density at radius 3 is 2.47 bits per heavy atom. The van der Waals surface area contributed by atoms with Gasteiger partial charge in [0.05, 0.1) is 6.04 Å². The molecule has 0 saturated carbocycles. The average molecular weight is 534 g/mol. The number of carbonyl (C=O) groups is 1. The molecule has 0 amide bonds. The standard InChI is InChI=1S/C26H34Cl2N4O.CO2/c1-2-5-19-11-14-31(15-12-19)25-17-26(30-18-29-25)32-13-4-7-23(32)24(33)8-3-6-20-9-10-21(27)16-22(20)28;2-1-3/h9-10,16-19,23H,2-8,11-15H2,1H3;/t23-;/m0./s1. The lowest BCUT2D eigenvalue weighted by Gasteiger charge is -2.33. The first-order valence-corrected chi connectivity index (χ1v) is 13.5. The number of ketones is 1. The van der Waals surface area contributed by atoms with Crippen LogP contribution in [-0.2, 0) is 20.8 Å². The van der Waals surface area contributed by atoms with Gasteiger partial charge < -0.3 is 9.80 Å². The second-order valence-electron chi connectivity index (χ2n) is 9.44. The first-order valence-electron chi connectivity index (χ1n) is 12.8. The predicted molar refractivity (Wildman–Crippen MR) is 142 cm³/mol. The smallest absolute Gasteiger partial charge is 0.356 e. The lowest BCUT2D eigenvalue weighted by molar-refractivity contribution is -0.191. The second kappa shape index (κ2) is 14.3. The van der Waals surface area contributed by atoms with Crippen molar-refractivity contribution in [2.75, 3.05) is 29.4 Å². The SMILES string of the molecule is CCCC1CCN(c2cc(N3CCC[C@H]3C(=O)CCCc3ccc(Cl)cc3Cl)ncn2)CC1.O=C=O. The van der Waals surface area contributed by atoms with E-state index in [1.807, 2.05) is 12.1 Å². The number of hydrogen-bond donors (Lipinski definition) is 0. The van der Waals surface area contributed by atoms with E-state index in [4.69, 9.17) is 32.8 Å². The minimum absolute atomic E-state index is 0.0938. The van der Waals surface area contributed by atoms with E-state index in [9.17, 15) is 4.79 Å². The van der Waals surface area contributed by atoms with Crippen molar-refractivity contribution in [3.05, 3.63) is 46.2 Å². The molecule has 2 aliphatic heterocycles. The molecule has 194 valence electrons. The second-order valence-corrected chi connectivity index (χ2v) is 10.3. The summed E-state index contributed by atoms with van der Waals surface area (Å²) >= 11 is 12.3. The zero-order valence-corrected chi connectivity index (χ0v) is 22.3. The van der Waals surface area contributed by atoms with Crippen molar-refractivity contribution in [2.24, 2.45) is 5.92 Å². The van der Waals surface area contributed by atoms with Crippen LogP contribution in [-0.4, -0.2) is 47.6 Å². The molecule has 0 aliphatic carbocycles. The summed E-state index contributed by atoms with van der Waals surface area (Å²) in [6.45, 7) is 5.24. The Labute approximate surface area is 223 Å². The van der Waals surface area contributed by atoms with Crippen LogP contribution in [0.2, 0.25) is 10.0 Å².